The largest absolute Gasteiger partial charge is 0.438 e. The normalized spacial score (nSPS) is 17.4. The molecule has 0 saturated carbocycles. The standard InChI is InChI=1S/C26H26FN3O4S/c1-16(2)14-28-25(32)22-23(34-26(33)30(22)15-17-5-3-6-19(27)13-17)18-8-10-20(11-9-18)29-24(31)21-7-4-12-35-21/h3-13,16,22-23H,14-15H2,1-2H3,(H,28,32)(H,29,31). The van der Waals surface area contributed by atoms with Gasteiger partial charge in [-0.05, 0) is 52.8 Å². The van der Waals surface area contributed by atoms with Crippen LogP contribution in [0, 0.1) is 11.7 Å². The Bertz CT molecular complexity index is 1200. The molecule has 9 heteroatoms. The first-order chi connectivity index (χ1) is 16.8. The minimum atomic E-state index is -0.934. The van der Waals surface area contributed by atoms with Gasteiger partial charge in [-0.1, -0.05) is 44.2 Å². The Morgan fingerprint density at radius 2 is 1.89 bits per heavy atom. The summed E-state index contributed by atoms with van der Waals surface area (Å²) in [6, 6.07) is 15.3. The molecular weight excluding hydrogens is 469 g/mol. The summed E-state index contributed by atoms with van der Waals surface area (Å²) >= 11 is 1.34. The Morgan fingerprint density at radius 1 is 1.11 bits per heavy atom. The topological polar surface area (TPSA) is 87.7 Å². The van der Waals surface area contributed by atoms with E-state index in [-0.39, 0.29) is 24.3 Å². The van der Waals surface area contributed by atoms with Crippen molar-refractivity contribution in [1.29, 1.82) is 0 Å². The molecule has 182 valence electrons. The lowest BCUT2D eigenvalue weighted by atomic mass is 10.00. The van der Waals surface area contributed by atoms with Crippen molar-refractivity contribution >= 4 is 34.9 Å². The Morgan fingerprint density at radius 3 is 2.54 bits per heavy atom. The number of cyclic esters (lactones) is 1. The van der Waals surface area contributed by atoms with Crippen LogP contribution in [0.5, 0.6) is 0 Å². The third-order valence-corrected chi connectivity index (χ3v) is 6.39. The molecule has 1 aliphatic heterocycles. The van der Waals surface area contributed by atoms with Crippen molar-refractivity contribution in [3.63, 3.8) is 0 Å². The van der Waals surface area contributed by atoms with Gasteiger partial charge < -0.3 is 15.4 Å². The van der Waals surface area contributed by atoms with Gasteiger partial charge in [0.25, 0.3) is 5.91 Å². The van der Waals surface area contributed by atoms with Gasteiger partial charge in [0.2, 0.25) is 5.91 Å². The van der Waals surface area contributed by atoms with E-state index in [4.69, 9.17) is 4.74 Å². The maximum absolute atomic E-state index is 13.7. The second kappa shape index (κ2) is 10.7. The van der Waals surface area contributed by atoms with Gasteiger partial charge in [-0.25, -0.2) is 9.18 Å². The molecule has 1 aromatic heterocycles. The van der Waals surface area contributed by atoms with Crippen LogP contribution in [0.4, 0.5) is 14.9 Å². The van der Waals surface area contributed by atoms with Gasteiger partial charge in [0.1, 0.15) is 5.82 Å². The summed E-state index contributed by atoms with van der Waals surface area (Å²) in [6.07, 6.45) is -1.51. The second-order valence-electron chi connectivity index (χ2n) is 8.70. The maximum Gasteiger partial charge on any atom is 0.411 e. The number of nitrogens with one attached hydrogen (secondary N) is 2. The molecule has 0 radical (unpaired) electrons. The van der Waals surface area contributed by atoms with E-state index in [0.717, 1.165) is 0 Å². The van der Waals surface area contributed by atoms with Crippen LogP contribution in [0.3, 0.4) is 0 Å². The molecule has 1 fully saturated rings. The molecular formula is C26H26FN3O4S. The molecule has 0 aliphatic carbocycles. The Labute approximate surface area is 206 Å². The fourth-order valence-corrected chi connectivity index (χ4v) is 4.43. The average Bonchev–Trinajstić information content (AvgIpc) is 3.47. The van der Waals surface area contributed by atoms with Crippen molar-refractivity contribution in [2.45, 2.75) is 32.5 Å². The number of hydrogen-bond donors (Lipinski definition) is 2. The third-order valence-electron chi connectivity index (χ3n) is 5.52. The summed E-state index contributed by atoms with van der Waals surface area (Å²) in [5, 5.41) is 7.53. The summed E-state index contributed by atoms with van der Waals surface area (Å²) in [7, 11) is 0. The van der Waals surface area contributed by atoms with Crippen molar-refractivity contribution in [2.24, 2.45) is 5.92 Å². The highest BCUT2D eigenvalue weighted by Crippen LogP contribution is 2.34. The van der Waals surface area contributed by atoms with E-state index in [1.54, 1.807) is 48.5 Å². The summed E-state index contributed by atoms with van der Waals surface area (Å²) in [5.74, 6) is -0.765. The Hall–Kier alpha value is -3.72. The smallest absolute Gasteiger partial charge is 0.411 e. The number of benzene rings is 2. The van der Waals surface area contributed by atoms with E-state index >= 15 is 0 Å². The van der Waals surface area contributed by atoms with Gasteiger partial charge in [0, 0.05) is 12.2 Å². The van der Waals surface area contributed by atoms with Crippen LogP contribution < -0.4 is 10.6 Å². The predicted octanol–water partition coefficient (Wildman–Crippen LogP) is 4.97. The number of carbonyl (C=O) groups is 3. The van der Waals surface area contributed by atoms with E-state index in [9.17, 15) is 18.8 Å². The number of thiophene rings is 1. The van der Waals surface area contributed by atoms with Crippen LogP contribution in [0.2, 0.25) is 0 Å². The molecule has 3 aromatic rings. The zero-order valence-corrected chi connectivity index (χ0v) is 20.2. The van der Waals surface area contributed by atoms with E-state index in [0.29, 0.717) is 28.2 Å². The average molecular weight is 496 g/mol. The Kier molecular flexibility index (Phi) is 7.45. The molecule has 2 atom stereocenters. The van der Waals surface area contributed by atoms with Crippen molar-refractivity contribution in [3.05, 3.63) is 87.9 Å². The molecule has 0 spiro atoms. The Balaban J connectivity index is 1.56. The number of halogens is 1. The van der Waals surface area contributed by atoms with Crippen molar-refractivity contribution in [1.82, 2.24) is 10.2 Å². The molecule has 2 unspecified atom stereocenters. The monoisotopic (exact) mass is 495 g/mol. The number of hydrogen-bond acceptors (Lipinski definition) is 5. The summed E-state index contributed by atoms with van der Waals surface area (Å²) in [6.45, 7) is 4.42. The molecule has 0 bridgehead atoms. The summed E-state index contributed by atoms with van der Waals surface area (Å²) in [5.41, 5.74) is 1.74. The number of ether oxygens (including phenoxy) is 1. The summed E-state index contributed by atoms with van der Waals surface area (Å²) < 4.78 is 19.3. The number of anilines is 1. The fraction of sp³-hybridized carbons (Fsp3) is 0.269. The van der Waals surface area contributed by atoms with Crippen LogP contribution in [0.15, 0.2) is 66.0 Å². The van der Waals surface area contributed by atoms with Crippen molar-refractivity contribution in [3.8, 4) is 0 Å². The van der Waals surface area contributed by atoms with E-state index < -0.39 is 24.1 Å². The highest BCUT2D eigenvalue weighted by atomic mass is 32.1. The van der Waals surface area contributed by atoms with Gasteiger partial charge in [-0.2, -0.15) is 0 Å². The highest BCUT2D eigenvalue weighted by Gasteiger charge is 2.47. The first-order valence-corrected chi connectivity index (χ1v) is 12.1. The number of nitrogens with zero attached hydrogens (tertiary/aromatic N) is 1. The van der Waals surface area contributed by atoms with Gasteiger partial charge in [-0.15, -0.1) is 11.3 Å². The van der Waals surface area contributed by atoms with E-state index in [1.165, 1.54) is 28.4 Å². The molecule has 2 N–H and O–H groups in total. The molecule has 1 saturated heterocycles. The SMILES string of the molecule is CC(C)CNC(=O)C1C(c2ccc(NC(=O)c3cccs3)cc2)OC(=O)N1Cc1cccc(F)c1. The number of amides is 3. The highest BCUT2D eigenvalue weighted by molar-refractivity contribution is 7.12. The van der Waals surface area contributed by atoms with E-state index in [1.807, 2.05) is 19.2 Å². The lowest BCUT2D eigenvalue weighted by molar-refractivity contribution is -0.126. The molecule has 4 rings (SSSR count). The fourth-order valence-electron chi connectivity index (χ4n) is 3.81. The first kappa shape index (κ1) is 24.4. The minimum absolute atomic E-state index is 0.0296. The van der Waals surface area contributed by atoms with Crippen LogP contribution in [-0.4, -0.2) is 35.4 Å². The molecule has 2 heterocycles. The quantitative estimate of drug-likeness (QED) is 0.462. The first-order valence-electron chi connectivity index (χ1n) is 11.3. The van der Waals surface area contributed by atoms with Crippen LogP contribution >= 0.6 is 11.3 Å². The summed E-state index contributed by atoms with van der Waals surface area (Å²) in [4.78, 5) is 40.2. The van der Waals surface area contributed by atoms with Crippen LogP contribution in [0.1, 0.15) is 40.8 Å². The second-order valence-corrected chi connectivity index (χ2v) is 9.65. The van der Waals surface area contributed by atoms with Crippen LogP contribution in [0.25, 0.3) is 0 Å². The number of carbonyl (C=O) groups excluding carboxylic acids is 3. The maximum atomic E-state index is 13.7. The molecule has 7 nitrogen and oxygen atoms in total. The third kappa shape index (κ3) is 5.86. The molecule has 2 aromatic carbocycles. The van der Waals surface area contributed by atoms with Crippen molar-refractivity contribution < 1.29 is 23.5 Å². The zero-order chi connectivity index (χ0) is 24.9. The van der Waals surface area contributed by atoms with Gasteiger partial charge in [-0.3, -0.25) is 14.5 Å². The van der Waals surface area contributed by atoms with Crippen molar-refractivity contribution in [2.75, 3.05) is 11.9 Å². The van der Waals surface area contributed by atoms with Crippen LogP contribution in [-0.2, 0) is 16.1 Å². The lowest BCUT2D eigenvalue weighted by Crippen LogP contribution is -2.47. The van der Waals surface area contributed by atoms with E-state index in [2.05, 4.69) is 10.6 Å². The van der Waals surface area contributed by atoms with Gasteiger partial charge >= 0.3 is 6.09 Å². The predicted molar refractivity (Wildman–Crippen MR) is 132 cm³/mol. The van der Waals surface area contributed by atoms with Gasteiger partial charge in [0.15, 0.2) is 12.1 Å². The molecule has 35 heavy (non-hydrogen) atoms. The molecule has 1 aliphatic rings. The molecule has 3 amide bonds. The minimum Gasteiger partial charge on any atom is -0.438 e. The van der Waals surface area contributed by atoms with Gasteiger partial charge in [0.05, 0.1) is 11.4 Å². The zero-order valence-electron chi connectivity index (χ0n) is 19.4. The number of rotatable bonds is 8. The lowest BCUT2D eigenvalue weighted by Gasteiger charge is -2.24.